The molecule has 15 heavy (non-hydrogen) atoms. The highest BCUT2D eigenvalue weighted by molar-refractivity contribution is 9.10. The van der Waals surface area contributed by atoms with Crippen molar-refractivity contribution in [3.63, 3.8) is 0 Å². The van der Waals surface area contributed by atoms with Crippen LogP contribution in [0.5, 0.6) is 0 Å². The maximum Gasteiger partial charge on any atom is 0.194 e. The van der Waals surface area contributed by atoms with Gasteiger partial charge in [0.2, 0.25) is 0 Å². The molecule has 2 nitrogen and oxygen atoms in total. The highest BCUT2D eigenvalue weighted by atomic mass is 79.9. The quantitative estimate of drug-likeness (QED) is 0.829. The van der Waals surface area contributed by atoms with Gasteiger partial charge in [0, 0.05) is 12.0 Å². The summed E-state index contributed by atoms with van der Waals surface area (Å²) in [6.07, 6.45) is 2.33. The Kier molecular flexibility index (Phi) is 2.86. The Hall–Kier alpha value is -1.16. The van der Waals surface area contributed by atoms with E-state index >= 15 is 0 Å². The van der Waals surface area contributed by atoms with Gasteiger partial charge in [-0.2, -0.15) is 0 Å². The van der Waals surface area contributed by atoms with Crippen molar-refractivity contribution >= 4 is 15.9 Å². The maximum absolute atomic E-state index is 13.0. The van der Waals surface area contributed by atoms with Gasteiger partial charge < -0.3 is 4.42 Å². The lowest BCUT2D eigenvalue weighted by Crippen LogP contribution is -1.83. The summed E-state index contributed by atoms with van der Waals surface area (Å²) in [5.41, 5.74) is 1.57. The van der Waals surface area contributed by atoms with Crippen LogP contribution in [0.2, 0.25) is 0 Å². The van der Waals surface area contributed by atoms with Crippen LogP contribution in [0.15, 0.2) is 33.4 Å². The first-order chi connectivity index (χ1) is 7.20. The molecule has 0 aliphatic heterocycles. The number of rotatable bonds is 2. The predicted molar refractivity (Wildman–Crippen MR) is 59.0 cm³/mol. The summed E-state index contributed by atoms with van der Waals surface area (Å²) >= 11 is 3.13. The number of hydrogen-bond donors (Lipinski definition) is 0. The van der Waals surface area contributed by atoms with Crippen molar-refractivity contribution < 1.29 is 8.81 Å². The molecule has 0 radical (unpaired) electrons. The van der Waals surface area contributed by atoms with Crippen LogP contribution in [0.25, 0.3) is 11.3 Å². The Bertz CT molecular complexity index is 481. The van der Waals surface area contributed by atoms with Crippen LogP contribution in [0.3, 0.4) is 0 Å². The average molecular weight is 270 g/mol. The Morgan fingerprint density at radius 2 is 2.27 bits per heavy atom. The van der Waals surface area contributed by atoms with Gasteiger partial charge in [0.25, 0.3) is 0 Å². The van der Waals surface area contributed by atoms with Crippen LogP contribution in [0.4, 0.5) is 4.39 Å². The van der Waals surface area contributed by atoms with E-state index in [1.165, 1.54) is 6.07 Å². The van der Waals surface area contributed by atoms with E-state index in [1.54, 1.807) is 18.4 Å². The molecular formula is C11H9BrFNO. The molecule has 2 rings (SSSR count). The third-order valence-electron chi connectivity index (χ3n) is 2.07. The lowest BCUT2D eigenvalue weighted by Gasteiger charge is -1.97. The van der Waals surface area contributed by atoms with E-state index in [0.717, 1.165) is 17.7 Å². The molecule has 0 amide bonds. The minimum Gasteiger partial charge on any atom is -0.448 e. The lowest BCUT2D eigenvalue weighted by molar-refractivity contribution is 0.502. The van der Waals surface area contributed by atoms with E-state index < -0.39 is 0 Å². The van der Waals surface area contributed by atoms with E-state index in [0.29, 0.717) is 10.4 Å². The highest BCUT2D eigenvalue weighted by Crippen LogP contribution is 2.24. The maximum atomic E-state index is 13.0. The van der Waals surface area contributed by atoms with E-state index in [4.69, 9.17) is 4.42 Å². The van der Waals surface area contributed by atoms with Gasteiger partial charge in [-0.25, -0.2) is 9.37 Å². The first kappa shape index (κ1) is 10.4. The summed E-state index contributed by atoms with van der Waals surface area (Å²) in [5.74, 6) is 0.406. The van der Waals surface area contributed by atoms with E-state index in [-0.39, 0.29) is 5.82 Å². The molecule has 0 spiro atoms. The topological polar surface area (TPSA) is 26.0 Å². The molecule has 78 valence electrons. The van der Waals surface area contributed by atoms with Gasteiger partial charge in [-0.3, -0.25) is 0 Å². The molecule has 0 aliphatic carbocycles. The highest BCUT2D eigenvalue weighted by Gasteiger charge is 2.07. The second-order valence-corrected chi connectivity index (χ2v) is 3.96. The molecule has 0 unspecified atom stereocenters. The first-order valence-electron chi connectivity index (χ1n) is 4.60. The minimum atomic E-state index is -0.280. The molecule has 4 heteroatoms. The lowest BCUT2D eigenvalue weighted by atomic mass is 10.2. The molecule has 0 bridgehead atoms. The van der Waals surface area contributed by atoms with Crippen molar-refractivity contribution in [3.8, 4) is 11.3 Å². The second-order valence-electron chi connectivity index (χ2n) is 3.11. The molecule has 0 N–H and O–H groups in total. The molecule has 0 saturated carbocycles. The number of halogens is 2. The van der Waals surface area contributed by atoms with E-state index in [9.17, 15) is 4.39 Å². The SMILES string of the molecule is CCc1nc(-c2ccc(F)c(Br)c2)co1. The summed E-state index contributed by atoms with van der Waals surface area (Å²) in [6, 6.07) is 4.77. The minimum absolute atomic E-state index is 0.280. The monoisotopic (exact) mass is 269 g/mol. The average Bonchev–Trinajstić information content (AvgIpc) is 2.70. The zero-order chi connectivity index (χ0) is 10.8. The molecular weight excluding hydrogens is 261 g/mol. The van der Waals surface area contributed by atoms with Crippen molar-refractivity contribution in [2.24, 2.45) is 0 Å². The normalized spacial score (nSPS) is 10.6. The summed E-state index contributed by atoms with van der Waals surface area (Å²) in [4.78, 5) is 4.26. The second kappa shape index (κ2) is 4.14. The van der Waals surface area contributed by atoms with Crippen LogP contribution < -0.4 is 0 Å². The molecule has 2 aromatic rings. The van der Waals surface area contributed by atoms with Crippen LogP contribution in [-0.4, -0.2) is 4.98 Å². The fourth-order valence-corrected chi connectivity index (χ4v) is 1.64. The first-order valence-corrected chi connectivity index (χ1v) is 5.40. The van der Waals surface area contributed by atoms with Gasteiger partial charge in [0.1, 0.15) is 17.8 Å². The van der Waals surface area contributed by atoms with Crippen molar-refractivity contribution in [2.75, 3.05) is 0 Å². The zero-order valence-electron chi connectivity index (χ0n) is 8.13. The van der Waals surface area contributed by atoms with Gasteiger partial charge in [-0.1, -0.05) is 6.92 Å². The largest absolute Gasteiger partial charge is 0.448 e. The van der Waals surface area contributed by atoms with Crippen molar-refractivity contribution in [1.29, 1.82) is 0 Å². The standard InChI is InChI=1S/C11H9BrFNO/c1-2-11-14-10(6-15-11)7-3-4-9(13)8(12)5-7/h3-6H,2H2,1H3. The summed E-state index contributed by atoms with van der Waals surface area (Å²) in [5, 5.41) is 0. The molecule has 1 aromatic heterocycles. The molecule has 0 atom stereocenters. The van der Waals surface area contributed by atoms with Crippen molar-refractivity contribution in [1.82, 2.24) is 4.98 Å². The smallest absolute Gasteiger partial charge is 0.194 e. The van der Waals surface area contributed by atoms with Crippen LogP contribution in [0, 0.1) is 5.82 Å². The van der Waals surface area contributed by atoms with Crippen molar-refractivity contribution in [3.05, 3.63) is 40.6 Å². The third-order valence-corrected chi connectivity index (χ3v) is 2.68. The summed E-state index contributed by atoms with van der Waals surface area (Å²) < 4.78 is 18.6. The number of aromatic nitrogens is 1. The Labute approximate surface area is 95.3 Å². The zero-order valence-corrected chi connectivity index (χ0v) is 9.71. The Balaban J connectivity index is 2.40. The molecule has 0 saturated heterocycles. The molecule has 1 aromatic carbocycles. The van der Waals surface area contributed by atoms with Crippen molar-refractivity contribution in [2.45, 2.75) is 13.3 Å². The number of benzene rings is 1. The van der Waals surface area contributed by atoms with E-state index in [1.807, 2.05) is 6.92 Å². The fourth-order valence-electron chi connectivity index (χ4n) is 1.26. The summed E-state index contributed by atoms with van der Waals surface area (Å²) in [7, 11) is 0. The number of nitrogens with zero attached hydrogens (tertiary/aromatic N) is 1. The Morgan fingerprint density at radius 1 is 1.47 bits per heavy atom. The number of oxazole rings is 1. The van der Waals surface area contributed by atoms with Crippen LogP contribution >= 0.6 is 15.9 Å². The van der Waals surface area contributed by atoms with Gasteiger partial charge in [0.15, 0.2) is 5.89 Å². The molecule has 1 heterocycles. The molecule has 0 aliphatic rings. The summed E-state index contributed by atoms with van der Waals surface area (Å²) in [6.45, 7) is 1.97. The number of hydrogen-bond acceptors (Lipinski definition) is 2. The van der Waals surface area contributed by atoms with E-state index in [2.05, 4.69) is 20.9 Å². The Morgan fingerprint density at radius 3 is 2.87 bits per heavy atom. The van der Waals surface area contributed by atoms with Gasteiger partial charge in [-0.05, 0) is 34.1 Å². The van der Waals surface area contributed by atoms with Crippen LogP contribution in [0.1, 0.15) is 12.8 Å². The predicted octanol–water partition coefficient (Wildman–Crippen LogP) is 3.81. The van der Waals surface area contributed by atoms with Crippen LogP contribution in [-0.2, 0) is 6.42 Å². The van der Waals surface area contributed by atoms with Gasteiger partial charge >= 0.3 is 0 Å². The van der Waals surface area contributed by atoms with Gasteiger partial charge in [-0.15, -0.1) is 0 Å². The molecule has 0 fully saturated rings. The third kappa shape index (κ3) is 2.09. The fraction of sp³-hybridized carbons (Fsp3) is 0.182. The number of aryl methyl sites for hydroxylation is 1. The van der Waals surface area contributed by atoms with Gasteiger partial charge in [0.05, 0.1) is 4.47 Å².